The lowest BCUT2D eigenvalue weighted by Gasteiger charge is -2.31. The van der Waals surface area contributed by atoms with E-state index >= 15 is 0 Å². The minimum Gasteiger partial charge on any atom is -0.480 e. The third-order valence-corrected chi connectivity index (χ3v) is 6.05. The van der Waals surface area contributed by atoms with Crippen molar-refractivity contribution in [3.05, 3.63) is 34.2 Å². The fourth-order valence-corrected chi connectivity index (χ4v) is 4.48. The molecule has 162 valence electrons. The van der Waals surface area contributed by atoms with Gasteiger partial charge in [-0.1, -0.05) is 6.07 Å². The number of fused-ring (bicyclic) bond motifs is 1. The zero-order valence-electron chi connectivity index (χ0n) is 16.7. The molecule has 0 radical (unpaired) electrons. The number of rotatable bonds is 4. The van der Waals surface area contributed by atoms with E-state index in [4.69, 9.17) is 5.11 Å². The van der Waals surface area contributed by atoms with Gasteiger partial charge in [-0.2, -0.15) is 0 Å². The van der Waals surface area contributed by atoms with Gasteiger partial charge in [-0.3, -0.25) is 33.7 Å². The number of aromatic nitrogens is 2. The molecule has 2 fully saturated rings. The molecule has 2 amide bonds. The van der Waals surface area contributed by atoms with Gasteiger partial charge in [0, 0.05) is 13.5 Å². The number of hydrogen-bond donors (Lipinski definition) is 2. The number of nitrogens with one attached hydrogen (secondary N) is 1. The first kappa shape index (κ1) is 22.0. The molecule has 4 rings (SSSR count). The van der Waals surface area contributed by atoms with Crippen LogP contribution in [0.3, 0.4) is 0 Å². The van der Waals surface area contributed by atoms with E-state index in [1.54, 1.807) is 11.6 Å². The highest BCUT2D eigenvalue weighted by molar-refractivity contribution is 6.00. The maximum absolute atomic E-state index is 12.8. The van der Waals surface area contributed by atoms with Crippen LogP contribution in [0.1, 0.15) is 43.2 Å². The number of aliphatic carboxylic acids is 1. The van der Waals surface area contributed by atoms with Crippen LogP contribution in [0.5, 0.6) is 0 Å². The molecule has 0 aliphatic carbocycles. The molecule has 9 nitrogen and oxygen atoms in total. The summed E-state index contributed by atoms with van der Waals surface area (Å²) in [6.07, 6.45) is 2.25. The molecule has 2 N–H and O–H groups in total. The van der Waals surface area contributed by atoms with Crippen molar-refractivity contribution in [1.29, 1.82) is 0 Å². The molecule has 0 spiro atoms. The van der Waals surface area contributed by atoms with E-state index in [0.29, 0.717) is 17.9 Å². The number of nitrogens with zero attached hydrogens (tertiary/aromatic N) is 3. The molecule has 0 bridgehead atoms. The van der Waals surface area contributed by atoms with Crippen molar-refractivity contribution >= 4 is 41.2 Å². The maximum atomic E-state index is 12.8. The molecule has 0 saturated carbocycles. The van der Waals surface area contributed by atoms with Gasteiger partial charge in [0.1, 0.15) is 6.04 Å². The van der Waals surface area contributed by atoms with E-state index in [0.717, 1.165) is 37.0 Å². The van der Waals surface area contributed by atoms with Crippen LogP contribution >= 0.6 is 12.4 Å². The number of aryl methyl sites for hydroxylation is 1. The number of imide groups is 1. The fraction of sp³-hybridized carbons (Fsp3) is 0.500. The molecular weight excluding hydrogens is 412 g/mol. The summed E-state index contributed by atoms with van der Waals surface area (Å²) in [5, 5.41) is 11.3. The van der Waals surface area contributed by atoms with Gasteiger partial charge in [-0.25, -0.2) is 4.79 Å². The van der Waals surface area contributed by atoms with Crippen LogP contribution in [-0.2, 0) is 21.4 Å². The SMILES string of the molecule is Cl.Cn1c(=O)n(C2CCC(=O)NC2=O)c2ccc(C3CCN(CC(=O)O)CC3)cc21. The number of imidazole rings is 1. The minimum absolute atomic E-state index is 0. The second kappa shape index (κ2) is 8.61. The summed E-state index contributed by atoms with van der Waals surface area (Å²) >= 11 is 0. The Morgan fingerprint density at radius 2 is 1.83 bits per heavy atom. The Morgan fingerprint density at radius 3 is 2.47 bits per heavy atom. The molecule has 3 heterocycles. The predicted octanol–water partition coefficient (Wildman–Crippen LogP) is 1.00. The molecule has 2 aliphatic heterocycles. The van der Waals surface area contributed by atoms with Crippen molar-refractivity contribution in [3.63, 3.8) is 0 Å². The van der Waals surface area contributed by atoms with Crippen LogP contribution in [0.25, 0.3) is 11.0 Å². The van der Waals surface area contributed by atoms with Gasteiger partial charge in [0.15, 0.2) is 0 Å². The molecular formula is C20H25ClN4O5. The first-order valence-corrected chi connectivity index (χ1v) is 9.84. The van der Waals surface area contributed by atoms with Crippen LogP contribution < -0.4 is 11.0 Å². The van der Waals surface area contributed by atoms with Crippen molar-refractivity contribution in [3.8, 4) is 0 Å². The van der Waals surface area contributed by atoms with Crippen molar-refractivity contribution in [2.75, 3.05) is 19.6 Å². The number of piperidine rings is 2. The molecule has 30 heavy (non-hydrogen) atoms. The molecule has 2 saturated heterocycles. The normalized spacial score (nSPS) is 20.8. The van der Waals surface area contributed by atoms with Gasteiger partial charge in [0.2, 0.25) is 11.8 Å². The lowest BCUT2D eigenvalue weighted by molar-refractivity contribution is -0.139. The standard InChI is InChI=1S/C20H24N4O5.ClH/c1-22-16-10-13(12-6-8-23(9-7-12)11-18(26)27)2-3-14(16)24(20(22)29)15-4-5-17(25)21-19(15)28;/h2-3,10,12,15H,4-9,11H2,1H3,(H,26,27)(H,21,25,28);1H. The largest absolute Gasteiger partial charge is 0.480 e. The van der Waals surface area contributed by atoms with Gasteiger partial charge in [0.05, 0.1) is 17.6 Å². The quantitative estimate of drug-likeness (QED) is 0.691. The number of hydrogen-bond acceptors (Lipinski definition) is 5. The Kier molecular flexibility index (Phi) is 6.33. The van der Waals surface area contributed by atoms with Crippen LogP contribution in [0.15, 0.2) is 23.0 Å². The molecule has 2 aromatic rings. The lowest BCUT2D eigenvalue weighted by atomic mass is 9.89. The first-order chi connectivity index (χ1) is 13.8. The third-order valence-electron chi connectivity index (χ3n) is 6.05. The minimum atomic E-state index is -0.811. The Bertz CT molecular complexity index is 1050. The third kappa shape index (κ3) is 3.99. The topological polar surface area (TPSA) is 114 Å². The van der Waals surface area contributed by atoms with Crippen LogP contribution in [0.2, 0.25) is 0 Å². The predicted molar refractivity (Wildman–Crippen MR) is 112 cm³/mol. The number of carbonyl (C=O) groups excluding carboxylic acids is 2. The van der Waals surface area contributed by atoms with Gasteiger partial charge in [-0.15, -0.1) is 12.4 Å². The van der Waals surface area contributed by atoms with Gasteiger partial charge in [-0.05, 0) is 56.0 Å². The number of carboxylic acids is 1. The van der Waals surface area contributed by atoms with E-state index in [1.807, 2.05) is 23.1 Å². The summed E-state index contributed by atoms with van der Waals surface area (Å²) in [6, 6.07) is 5.17. The number of carbonyl (C=O) groups is 3. The van der Waals surface area contributed by atoms with E-state index < -0.39 is 17.9 Å². The second-order valence-electron chi connectivity index (χ2n) is 7.87. The molecule has 1 unspecified atom stereocenters. The Labute approximate surface area is 179 Å². The Morgan fingerprint density at radius 1 is 1.13 bits per heavy atom. The van der Waals surface area contributed by atoms with E-state index in [2.05, 4.69) is 5.32 Å². The van der Waals surface area contributed by atoms with Crippen LogP contribution in [0, 0.1) is 0 Å². The van der Waals surface area contributed by atoms with Crippen LogP contribution in [0.4, 0.5) is 0 Å². The monoisotopic (exact) mass is 436 g/mol. The number of halogens is 1. The Balaban J connectivity index is 0.00000256. The molecule has 1 atom stereocenters. The van der Waals surface area contributed by atoms with E-state index in [1.165, 1.54) is 4.57 Å². The number of benzene rings is 1. The van der Waals surface area contributed by atoms with Gasteiger partial charge in [0.25, 0.3) is 0 Å². The average Bonchev–Trinajstić information content (AvgIpc) is 2.93. The maximum Gasteiger partial charge on any atom is 0.329 e. The Hall–Kier alpha value is -2.65. The fourth-order valence-electron chi connectivity index (χ4n) is 4.48. The van der Waals surface area contributed by atoms with Gasteiger partial charge < -0.3 is 5.11 Å². The summed E-state index contributed by atoms with van der Waals surface area (Å²) in [4.78, 5) is 49.4. The molecule has 2 aliphatic rings. The second-order valence-corrected chi connectivity index (χ2v) is 7.87. The summed E-state index contributed by atoms with van der Waals surface area (Å²) in [7, 11) is 1.69. The highest BCUT2D eigenvalue weighted by Crippen LogP contribution is 2.31. The smallest absolute Gasteiger partial charge is 0.329 e. The van der Waals surface area contributed by atoms with Crippen molar-refractivity contribution < 1.29 is 19.5 Å². The van der Waals surface area contributed by atoms with Gasteiger partial charge >= 0.3 is 11.7 Å². The summed E-state index contributed by atoms with van der Waals surface area (Å²) in [5.41, 5.74) is 2.27. The summed E-state index contributed by atoms with van der Waals surface area (Å²) in [5.74, 6) is -1.25. The molecule has 1 aromatic heterocycles. The number of amides is 2. The zero-order chi connectivity index (χ0) is 20.7. The van der Waals surface area contributed by atoms with E-state index in [-0.39, 0.29) is 37.0 Å². The van der Waals surface area contributed by atoms with E-state index in [9.17, 15) is 19.2 Å². The van der Waals surface area contributed by atoms with Crippen LogP contribution in [-0.4, -0.2) is 56.6 Å². The van der Waals surface area contributed by atoms with Crippen molar-refractivity contribution in [1.82, 2.24) is 19.4 Å². The first-order valence-electron chi connectivity index (χ1n) is 9.84. The zero-order valence-corrected chi connectivity index (χ0v) is 17.5. The van der Waals surface area contributed by atoms with Crippen molar-refractivity contribution in [2.45, 2.75) is 37.6 Å². The highest BCUT2D eigenvalue weighted by Gasteiger charge is 2.31. The molecule has 1 aromatic carbocycles. The average molecular weight is 437 g/mol. The lowest BCUT2D eigenvalue weighted by Crippen LogP contribution is -2.44. The number of likely N-dealkylation sites (tertiary alicyclic amines) is 1. The molecule has 10 heteroatoms. The summed E-state index contributed by atoms with van der Waals surface area (Å²) < 4.78 is 3.03. The summed E-state index contributed by atoms with van der Waals surface area (Å²) in [6.45, 7) is 1.52. The van der Waals surface area contributed by atoms with Crippen molar-refractivity contribution in [2.24, 2.45) is 7.05 Å². The number of carboxylic acid groups (broad SMARTS) is 1. The highest BCUT2D eigenvalue weighted by atomic mass is 35.5.